The molecule has 0 aromatic rings. The van der Waals surface area contributed by atoms with Gasteiger partial charge in [0.1, 0.15) is 0 Å². The first-order chi connectivity index (χ1) is 6.69. The summed E-state index contributed by atoms with van der Waals surface area (Å²) in [6.07, 6.45) is 5.86. The lowest BCUT2D eigenvalue weighted by atomic mass is 10.1. The van der Waals surface area contributed by atoms with Crippen LogP contribution in [0.4, 0.5) is 0 Å². The zero-order chi connectivity index (χ0) is 10.4. The van der Waals surface area contributed by atoms with E-state index in [0.717, 1.165) is 12.8 Å². The van der Waals surface area contributed by atoms with Crippen LogP contribution in [0, 0.1) is 0 Å². The first kappa shape index (κ1) is 11.9. The van der Waals surface area contributed by atoms with Crippen LogP contribution in [-0.4, -0.2) is 29.1 Å². The maximum Gasteiger partial charge on any atom is 0.337 e. The Balaban J connectivity index is 1.81. The Hall–Kier alpha value is -0.160. The Morgan fingerprint density at radius 1 is 1.21 bits per heavy atom. The molecule has 0 aliphatic carbocycles. The van der Waals surface area contributed by atoms with Gasteiger partial charge in [0.2, 0.25) is 6.29 Å². The third-order valence-corrected chi connectivity index (χ3v) is 2.34. The highest BCUT2D eigenvalue weighted by Gasteiger charge is 2.57. The molecule has 1 saturated heterocycles. The van der Waals surface area contributed by atoms with Crippen LogP contribution in [0.15, 0.2) is 0 Å². The van der Waals surface area contributed by atoms with Crippen molar-refractivity contribution in [2.75, 3.05) is 6.61 Å². The maximum absolute atomic E-state index is 9.14. The number of aliphatic hydroxyl groups excluding tert-OH is 1. The zero-order valence-electron chi connectivity index (χ0n) is 8.74. The third kappa shape index (κ3) is 3.92. The number of hydrogen-bond donors (Lipinski definition) is 2. The predicted molar refractivity (Wildman–Crippen MR) is 51.4 cm³/mol. The highest BCUT2D eigenvalue weighted by Crippen LogP contribution is 2.32. The van der Waals surface area contributed by atoms with Gasteiger partial charge in [0.25, 0.3) is 0 Å². The second kappa shape index (κ2) is 5.66. The molecule has 1 fully saturated rings. The average Bonchev–Trinajstić information content (AvgIpc) is 2.73. The summed E-state index contributed by atoms with van der Waals surface area (Å²) in [5, 5.41) is 17.9. The lowest BCUT2D eigenvalue weighted by molar-refractivity contribution is -0.197. The van der Waals surface area contributed by atoms with Crippen molar-refractivity contribution in [3.8, 4) is 0 Å². The van der Waals surface area contributed by atoms with Crippen LogP contribution < -0.4 is 0 Å². The number of rotatable bonds is 8. The van der Waals surface area contributed by atoms with Gasteiger partial charge in [-0.05, 0) is 6.42 Å². The Labute approximate surface area is 84.8 Å². The molecule has 0 radical (unpaired) electrons. The van der Waals surface area contributed by atoms with Crippen LogP contribution in [0.2, 0.25) is 0 Å². The van der Waals surface area contributed by atoms with Crippen molar-refractivity contribution in [2.45, 2.75) is 57.7 Å². The molecule has 4 nitrogen and oxygen atoms in total. The quantitative estimate of drug-likeness (QED) is 0.356. The molecule has 4 heteroatoms. The fraction of sp³-hybridized carbons (Fsp3) is 1.00. The van der Waals surface area contributed by atoms with E-state index >= 15 is 0 Å². The highest BCUT2D eigenvalue weighted by molar-refractivity contribution is 4.73. The normalized spacial score (nSPS) is 30.6. The van der Waals surface area contributed by atoms with E-state index in [1.54, 1.807) is 0 Å². The summed E-state index contributed by atoms with van der Waals surface area (Å²) in [5.41, 5.74) is 0. The number of hydrogen-bond acceptors (Lipinski definition) is 4. The van der Waals surface area contributed by atoms with Crippen molar-refractivity contribution < 1.29 is 19.7 Å². The van der Waals surface area contributed by atoms with Crippen molar-refractivity contribution >= 4 is 0 Å². The van der Waals surface area contributed by atoms with Crippen molar-refractivity contribution in [2.24, 2.45) is 0 Å². The Kier molecular flexibility index (Phi) is 4.81. The maximum atomic E-state index is 9.14. The molecule has 1 heterocycles. The molecule has 2 atom stereocenters. The van der Waals surface area contributed by atoms with E-state index in [4.69, 9.17) is 14.9 Å². The average molecular weight is 204 g/mol. The molecular formula is C10H20O4. The van der Waals surface area contributed by atoms with Gasteiger partial charge in [-0.15, -0.1) is 0 Å². The largest absolute Gasteiger partial charge is 0.362 e. The molecule has 0 aromatic carbocycles. The summed E-state index contributed by atoms with van der Waals surface area (Å²) in [6.45, 7) is 2.63. The van der Waals surface area contributed by atoms with Gasteiger partial charge in [0, 0.05) is 0 Å². The number of ether oxygens (including phenoxy) is 2. The van der Waals surface area contributed by atoms with Crippen molar-refractivity contribution in [3.63, 3.8) is 0 Å². The Morgan fingerprint density at radius 2 is 1.79 bits per heavy atom. The SMILES string of the molecule is CCCCCCCCOC1(O)OC1O. The molecule has 0 aromatic heterocycles. The monoisotopic (exact) mass is 204 g/mol. The fourth-order valence-corrected chi connectivity index (χ4v) is 1.33. The molecule has 1 aliphatic heterocycles. The molecule has 0 bridgehead atoms. The van der Waals surface area contributed by atoms with E-state index in [9.17, 15) is 0 Å². The number of epoxide rings is 1. The summed E-state index contributed by atoms with van der Waals surface area (Å²) in [7, 11) is 0. The van der Waals surface area contributed by atoms with Crippen LogP contribution in [0.5, 0.6) is 0 Å². The van der Waals surface area contributed by atoms with E-state index in [-0.39, 0.29) is 0 Å². The highest BCUT2D eigenvalue weighted by atomic mass is 17.0. The van der Waals surface area contributed by atoms with E-state index in [2.05, 4.69) is 11.7 Å². The molecule has 84 valence electrons. The topological polar surface area (TPSA) is 62.2 Å². The van der Waals surface area contributed by atoms with Gasteiger partial charge >= 0.3 is 5.97 Å². The van der Waals surface area contributed by atoms with Crippen LogP contribution >= 0.6 is 0 Å². The van der Waals surface area contributed by atoms with Gasteiger partial charge in [-0.25, -0.2) is 0 Å². The Morgan fingerprint density at radius 3 is 2.36 bits per heavy atom. The zero-order valence-corrected chi connectivity index (χ0v) is 8.74. The molecule has 14 heavy (non-hydrogen) atoms. The summed E-state index contributed by atoms with van der Waals surface area (Å²) in [5.74, 6) is -1.69. The van der Waals surface area contributed by atoms with Gasteiger partial charge in [-0.3, -0.25) is 4.74 Å². The molecule has 2 N–H and O–H groups in total. The first-order valence-electron chi connectivity index (χ1n) is 5.41. The minimum absolute atomic E-state index is 0.444. The van der Waals surface area contributed by atoms with Crippen LogP contribution in [0.25, 0.3) is 0 Å². The van der Waals surface area contributed by atoms with Crippen LogP contribution in [0.1, 0.15) is 45.4 Å². The molecule has 0 amide bonds. The minimum atomic E-state index is -1.69. The van der Waals surface area contributed by atoms with Gasteiger partial charge in [-0.1, -0.05) is 39.0 Å². The summed E-state index contributed by atoms with van der Waals surface area (Å²) in [4.78, 5) is 0. The summed E-state index contributed by atoms with van der Waals surface area (Å²) < 4.78 is 9.38. The van der Waals surface area contributed by atoms with Crippen LogP contribution in [-0.2, 0) is 9.47 Å². The van der Waals surface area contributed by atoms with Gasteiger partial charge in [-0.2, -0.15) is 0 Å². The lowest BCUT2D eigenvalue weighted by Gasteiger charge is -2.05. The van der Waals surface area contributed by atoms with E-state index in [0.29, 0.717) is 6.61 Å². The second-order valence-corrected chi connectivity index (χ2v) is 3.72. The minimum Gasteiger partial charge on any atom is -0.362 e. The second-order valence-electron chi connectivity index (χ2n) is 3.72. The van der Waals surface area contributed by atoms with Crippen LogP contribution in [0.3, 0.4) is 0 Å². The van der Waals surface area contributed by atoms with Gasteiger partial charge in [0.05, 0.1) is 6.61 Å². The van der Waals surface area contributed by atoms with E-state index in [1.165, 1.54) is 25.7 Å². The molecule has 2 unspecified atom stereocenters. The molecule has 0 spiro atoms. The van der Waals surface area contributed by atoms with Crippen molar-refractivity contribution in [3.05, 3.63) is 0 Å². The lowest BCUT2D eigenvalue weighted by Crippen LogP contribution is -2.19. The molecule has 1 rings (SSSR count). The number of unbranched alkanes of at least 4 members (excludes halogenated alkanes) is 5. The Bertz CT molecular complexity index is 162. The number of aliphatic hydroxyl groups is 2. The van der Waals surface area contributed by atoms with E-state index < -0.39 is 12.3 Å². The fourth-order valence-electron chi connectivity index (χ4n) is 1.33. The van der Waals surface area contributed by atoms with Gasteiger partial charge < -0.3 is 14.9 Å². The molecule has 0 saturated carbocycles. The van der Waals surface area contributed by atoms with Crippen molar-refractivity contribution in [1.29, 1.82) is 0 Å². The predicted octanol–water partition coefficient (Wildman–Crippen LogP) is 1.36. The van der Waals surface area contributed by atoms with Crippen molar-refractivity contribution in [1.82, 2.24) is 0 Å². The first-order valence-corrected chi connectivity index (χ1v) is 5.41. The summed E-state index contributed by atoms with van der Waals surface area (Å²) in [6, 6.07) is 0. The molecular weight excluding hydrogens is 184 g/mol. The van der Waals surface area contributed by atoms with E-state index in [1.807, 2.05) is 0 Å². The smallest absolute Gasteiger partial charge is 0.337 e. The standard InChI is InChI=1S/C10H20O4/c1-2-3-4-5-6-7-8-13-10(12)9(11)14-10/h9,11-12H,2-8H2,1H3. The van der Waals surface area contributed by atoms with Gasteiger partial charge in [0.15, 0.2) is 0 Å². The third-order valence-electron chi connectivity index (χ3n) is 2.34. The molecule has 1 aliphatic rings. The summed E-state index contributed by atoms with van der Waals surface area (Å²) >= 11 is 0.